The summed E-state index contributed by atoms with van der Waals surface area (Å²) in [7, 11) is 0. The van der Waals surface area contributed by atoms with Gasteiger partial charge >= 0.3 is 0 Å². The first-order chi connectivity index (χ1) is 6.38. The molecule has 0 aliphatic rings. The maximum atomic E-state index is 9.31. The van der Waals surface area contributed by atoms with Gasteiger partial charge in [-0.2, -0.15) is 0 Å². The summed E-state index contributed by atoms with van der Waals surface area (Å²) in [6.07, 6.45) is 1.67. The predicted octanol–water partition coefficient (Wildman–Crippen LogP) is 1.54. The smallest absolute Gasteiger partial charge is 0.141 e. The Kier molecular flexibility index (Phi) is 5.70. The van der Waals surface area contributed by atoms with Gasteiger partial charge in [0.15, 0.2) is 0 Å². The molecule has 0 aliphatic carbocycles. The van der Waals surface area contributed by atoms with Gasteiger partial charge in [0.1, 0.15) is 11.3 Å². The number of phenolic OH excluding ortho intramolecular Hbond substituents is 1. The summed E-state index contributed by atoms with van der Waals surface area (Å²) in [5, 5.41) is 10.3. The maximum absolute atomic E-state index is 9.31. The van der Waals surface area contributed by atoms with E-state index in [9.17, 15) is 5.11 Å². The molecule has 1 N–H and O–H groups in total. The van der Waals surface area contributed by atoms with Crippen LogP contribution >= 0.6 is 0 Å². The Bertz CT molecular complexity index is 401. The van der Waals surface area contributed by atoms with Crippen LogP contribution in [0.3, 0.4) is 0 Å². The van der Waals surface area contributed by atoms with Crippen molar-refractivity contribution in [3.8, 4) is 5.75 Å². The number of pyridine rings is 1. The number of carbonyl (C=O) groups excluding carboxylic acids is 1. The summed E-state index contributed by atoms with van der Waals surface area (Å²) >= 11 is 0. The summed E-state index contributed by atoms with van der Waals surface area (Å²) in [5.74, 6) is 0.239. The minimum Gasteiger partial charge on any atom is -0.573 e. The van der Waals surface area contributed by atoms with Gasteiger partial charge in [0, 0.05) is 32.0 Å². The molecule has 0 unspecified atom stereocenters. The Morgan fingerprint density at radius 1 is 1.14 bits per heavy atom. The van der Waals surface area contributed by atoms with Crippen molar-refractivity contribution in [2.45, 2.75) is 0 Å². The first kappa shape index (κ1) is 12.8. The van der Waals surface area contributed by atoms with Crippen LogP contribution in [0.5, 0.6) is 5.75 Å². The molecular weight excluding hydrogens is 352 g/mol. The van der Waals surface area contributed by atoms with Gasteiger partial charge in [0.05, 0.1) is 0 Å². The molecule has 0 bridgehead atoms. The largest absolute Gasteiger partial charge is 0.573 e. The number of para-hydroxylation sites is 1. The van der Waals surface area contributed by atoms with Crippen molar-refractivity contribution in [1.29, 1.82) is 0 Å². The second-order valence-corrected chi connectivity index (χ2v) is 2.35. The second kappa shape index (κ2) is 6.25. The van der Waals surface area contributed by atoms with Gasteiger partial charge in [-0.25, -0.2) is 0 Å². The second-order valence-electron chi connectivity index (χ2n) is 2.35. The minimum atomic E-state index is 0. The molecule has 0 fully saturated rings. The molecule has 4 heteroatoms. The van der Waals surface area contributed by atoms with E-state index in [4.69, 9.17) is 4.79 Å². The first-order valence-electron chi connectivity index (χ1n) is 3.61. The van der Waals surface area contributed by atoms with Crippen molar-refractivity contribution in [2.75, 3.05) is 0 Å². The number of fused-ring (bicyclic) bond motifs is 1. The van der Waals surface area contributed by atoms with E-state index >= 15 is 0 Å². The van der Waals surface area contributed by atoms with E-state index in [1.165, 1.54) is 0 Å². The number of phenols is 1. The fourth-order valence-corrected chi connectivity index (χ4v) is 1.09. The molecule has 2 radical (unpaired) electrons. The summed E-state index contributed by atoms with van der Waals surface area (Å²) in [5.41, 5.74) is 0.662. The van der Waals surface area contributed by atoms with Crippen LogP contribution in [-0.2, 0) is 25.2 Å². The number of aromatic hydroxyl groups is 1. The van der Waals surface area contributed by atoms with E-state index in [1.807, 2.05) is 18.2 Å². The van der Waals surface area contributed by atoms with Crippen molar-refractivity contribution in [3.63, 3.8) is 0 Å². The minimum absolute atomic E-state index is 0. The predicted molar refractivity (Wildman–Crippen MR) is 49.1 cm³/mol. The quantitative estimate of drug-likeness (QED) is 0.726. The standard InChI is InChI=1S/C9H7NO.CO.Re/c11-8-5-1-3-7-4-2-6-10-9(7)8;1-2;/h1-6,11H;;/q;-1;. The van der Waals surface area contributed by atoms with Crippen LogP contribution in [0.15, 0.2) is 36.5 Å². The van der Waals surface area contributed by atoms with E-state index in [0.29, 0.717) is 5.52 Å². The molecule has 1 heterocycles. The Hall–Kier alpha value is -1.24. The molecule has 14 heavy (non-hydrogen) atoms. The third-order valence-electron chi connectivity index (χ3n) is 1.61. The normalized spacial score (nSPS) is 8.29. The number of nitrogens with zero attached hydrogens (tertiary/aromatic N) is 1. The Labute approximate surface area is 95.4 Å². The average Bonchev–Trinajstić information content (AvgIpc) is 2.22. The number of benzene rings is 1. The molecule has 0 spiro atoms. The molecular formula is C10H7NO2Re-. The van der Waals surface area contributed by atoms with Crippen molar-refractivity contribution < 1.29 is 30.3 Å². The number of hydrogen-bond acceptors (Lipinski definition) is 3. The Morgan fingerprint density at radius 2 is 1.79 bits per heavy atom. The van der Waals surface area contributed by atoms with Crippen molar-refractivity contribution >= 4 is 17.7 Å². The molecule has 1 aromatic heterocycles. The van der Waals surface area contributed by atoms with Crippen molar-refractivity contribution in [1.82, 2.24) is 4.98 Å². The monoisotopic (exact) mass is 360 g/mol. The molecule has 0 atom stereocenters. The summed E-state index contributed by atoms with van der Waals surface area (Å²) in [6.45, 7) is 4.50. The van der Waals surface area contributed by atoms with E-state index in [2.05, 4.69) is 11.8 Å². The van der Waals surface area contributed by atoms with Gasteiger partial charge in [-0.15, -0.1) is 0 Å². The number of rotatable bonds is 0. The zero-order valence-corrected chi connectivity index (χ0v) is 9.86. The number of hydrogen-bond donors (Lipinski definition) is 1. The summed E-state index contributed by atoms with van der Waals surface area (Å²) in [4.78, 5) is 11.5. The van der Waals surface area contributed by atoms with E-state index in [-0.39, 0.29) is 26.2 Å². The molecule has 2 rings (SSSR count). The molecule has 1 aromatic carbocycles. The Morgan fingerprint density at radius 3 is 2.43 bits per heavy atom. The Balaban J connectivity index is 0.000000531. The van der Waals surface area contributed by atoms with Gasteiger partial charge in [0.2, 0.25) is 0 Å². The van der Waals surface area contributed by atoms with Crippen LogP contribution in [-0.4, -0.2) is 16.9 Å². The molecule has 0 amide bonds. The maximum Gasteiger partial charge on any atom is 0.141 e. The summed E-state index contributed by atoms with van der Waals surface area (Å²) < 4.78 is 0. The van der Waals surface area contributed by atoms with Gasteiger partial charge < -0.3 is 16.7 Å². The third kappa shape index (κ3) is 2.63. The van der Waals surface area contributed by atoms with Crippen LogP contribution in [0.2, 0.25) is 0 Å². The third-order valence-corrected chi connectivity index (χ3v) is 1.61. The van der Waals surface area contributed by atoms with E-state index < -0.39 is 0 Å². The van der Waals surface area contributed by atoms with Crippen LogP contribution in [0.1, 0.15) is 0 Å². The SMILES string of the molecule is Oc1cccc2cccnc12.[C-]=O.[Re]. The zero-order chi connectivity index (χ0) is 9.68. The van der Waals surface area contributed by atoms with Crippen LogP contribution < -0.4 is 0 Å². The molecule has 72 valence electrons. The number of aromatic nitrogens is 1. The van der Waals surface area contributed by atoms with Crippen LogP contribution in [0.4, 0.5) is 0 Å². The molecule has 0 saturated carbocycles. The fourth-order valence-electron chi connectivity index (χ4n) is 1.09. The first-order valence-corrected chi connectivity index (χ1v) is 3.61. The molecule has 2 aromatic rings. The van der Waals surface area contributed by atoms with Crippen LogP contribution in [0.25, 0.3) is 10.9 Å². The topological polar surface area (TPSA) is 50.2 Å². The van der Waals surface area contributed by atoms with E-state index in [1.54, 1.807) is 18.3 Å². The molecule has 3 nitrogen and oxygen atoms in total. The van der Waals surface area contributed by atoms with Gasteiger partial charge in [-0.1, -0.05) is 18.2 Å². The van der Waals surface area contributed by atoms with Crippen molar-refractivity contribution in [2.24, 2.45) is 0 Å². The fraction of sp³-hybridized carbons (Fsp3) is 0. The zero-order valence-electron chi connectivity index (χ0n) is 7.14. The molecule has 0 saturated heterocycles. The van der Waals surface area contributed by atoms with Crippen molar-refractivity contribution in [3.05, 3.63) is 36.5 Å². The van der Waals surface area contributed by atoms with Gasteiger partial charge in [-0.3, -0.25) is 4.98 Å². The van der Waals surface area contributed by atoms with Gasteiger partial charge in [-0.05, 0) is 12.1 Å². The average molecular weight is 359 g/mol. The van der Waals surface area contributed by atoms with Crippen LogP contribution in [0, 0.1) is 0 Å². The molecule has 0 aliphatic heterocycles. The van der Waals surface area contributed by atoms with Gasteiger partial charge in [0.25, 0.3) is 0 Å². The van der Waals surface area contributed by atoms with E-state index in [0.717, 1.165) is 5.39 Å². The summed E-state index contributed by atoms with van der Waals surface area (Å²) in [6, 6.07) is 9.13.